The molecule has 19 heavy (non-hydrogen) atoms. The fourth-order valence-corrected chi connectivity index (χ4v) is 2.65. The second-order valence-corrected chi connectivity index (χ2v) is 5.08. The second-order valence-electron chi connectivity index (χ2n) is 5.08. The van der Waals surface area contributed by atoms with Crippen LogP contribution in [0.15, 0.2) is 6.20 Å². The van der Waals surface area contributed by atoms with Gasteiger partial charge in [-0.05, 0) is 25.9 Å². The van der Waals surface area contributed by atoms with Crippen molar-refractivity contribution in [2.45, 2.75) is 25.8 Å². The minimum atomic E-state index is 0.829. The van der Waals surface area contributed by atoms with Crippen LogP contribution >= 0.6 is 0 Å². The van der Waals surface area contributed by atoms with Gasteiger partial charge in [0, 0.05) is 14.1 Å². The molecule has 2 aromatic heterocycles. The maximum absolute atomic E-state index is 4.65. The van der Waals surface area contributed by atoms with Gasteiger partial charge in [0.15, 0.2) is 5.65 Å². The Kier molecular flexibility index (Phi) is 3.33. The zero-order chi connectivity index (χ0) is 13.2. The van der Waals surface area contributed by atoms with Gasteiger partial charge in [0.25, 0.3) is 0 Å². The summed E-state index contributed by atoms with van der Waals surface area (Å²) in [4.78, 5) is 11.7. The molecular weight excluding hydrogens is 240 g/mol. The molecule has 0 saturated carbocycles. The summed E-state index contributed by atoms with van der Waals surface area (Å²) in [6.45, 7) is 3.14. The molecule has 6 nitrogen and oxygen atoms in total. The average Bonchev–Trinajstić information content (AvgIpc) is 2.81. The van der Waals surface area contributed by atoms with E-state index in [1.165, 1.54) is 19.3 Å². The van der Waals surface area contributed by atoms with E-state index < -0.39 is 0 Å². The van der Waals surface area contributed by atoms with Gasteiger partial charge < -0.3 is 5.32 Å². The lowest BCUT2D eigenvalue weighted by atomic mass is 10.1. The molecule has 0 spiro atoms. The smallest absolute Gasteiger partial charge is 0.163 e. The number of aromatic nitrogens is 4. The van der Waals surface area contributed by atoms with E-state index in [-0.39, 0.29) is 0 Å². The Labute approximate surface area is 112 Å². The summed E-state index contributed by atoms with van der Waals surface area (Å²) >= 11 is 0. The van der Waals surface area contributed by atoms with E-state index in [0.29, 0.717) is 0 Å². The van der Waals surface area contributed by atoms with Gasteiger partial charge in [-0.2, -0.15) is 5.10 Å². The van der Waals surface area contributed by atoms with Crippen LogP contribution in [0.1, 0.15) is 25.1 Å². The van der Waals surface area contributed by atoms with Gasteiger partial charge in [-0.15, -0.1) is 0 Å². The molecule has 1 saturated heterocycles. The van der Waals surface area contributed by atoms with Crippen LogP contribution in [0.25, 0.3) is 11.0 Å². The number of fused-ring (bicyclic) bond motifs is 1. The van der Waals surface area contributed by atoms with Crippen molar-refractivity contribution in [2.24, 2.45) is 7.05 Å². The predicted octanol–water partition coefficient (Wildman–Crippen LogP) is 1.39. The maximum Gasteiger partial charge on any atom is 0.163 e. The molecular formula is C13H20N6. The lowest BCUT2D eigenvalue weighted by Gasteiger charge is -2.25. The van der Waals surface area contributed by atoms with E-state index in [0.717, 1.165) is 42.3 Å². The molecule has 1 N–H and O–H groups in total. The fourth-order valence-electron chi connectivity index (χ4n) is 2.65. The zero-order valence-corrected chi connectivity index (χ0v) is 11.6. The molecule has 0 bridgehead atoms. The number of hydrogen-bond donors (Lipinski definition) is 1. The van der Waals surface area contributed by atoms with E-state index in [9.17, 15) is 0 Å². The van der Waals surface area contributed by atoms with Gasteiger partial charge in [-0.1, -0.05) is 6.42 Å². The Hall–Kier alpha value is -1.69. The number of likely N-dealkylation sites (tertiary alicyclic amines) is 1. The van der Waals surface area contributed by atoms with Gasteiger partial charge in [-0.3, -0.25) is 9.58 Å². The zero-order valence-electron chi connectivity index (χ0n) is 11.6. The Morgan fingerprint density at radius 3 is 2.74 bits per heavy atom. The SMILES string of the molecule is CNc1nc(CN2CCCCC2)nc2c1cnn2C. The largest absolute Gasteiger partial charge is 0.372 e. The van der Waals surface area contributed by atoms with Crippen molar-refractivity contribution in [3.63, 3.8) is 0 Å². The van der Waals surface area contributed by atoms with Crippen molar-refractivity contribution in [1.29, 1.82) is 0 Å². The third-order valence-electron chi connectivity index (χ3n) is 3.69. The van der Waals surface area contributed by atoms with Crippen molar-refractivity contribution in [2.75, 3.05) is 25.5 Å². The van der Waals surface area contributed by atoms with Gasteiger partial charge in [0.1, 0.15) is 11.6 Å². The van der Waals surface area contributed by atoms with Crippen molar-refractivity contribution in [3.8, 4) is 0 Å². The number of rotatable bonds is 3. The Morgan fingerprint density at radius 2 is 2.00 bits per heavy atom. The van der Waals surface area contributed by atoms with E-state index in [4.69, 9.17) is 0 Å². The summed E-state index contributed by atoms with van der Waals surface area (Å²) in [7, 11) is 3.80. The predicted molar refractivity (Wildman–Crippen MR) is 75.0 cm³/mol. The third kappa shape index (κ3) is 2.40. The lowest BCUT2D eigenvalue weighted by Crippen LogP contribution is -2.30. The number of hydrogen-bond acceptors (Lipinski definition) is 5. The minimum Gasteiger partial charge on any atom is -0.372 e. The quantitative estimate of drug-likeness (QED) is 0.903. The molecule has 0 aliphatic carbocycles. The number of aryl methyl sites for hydroxylation is 1. The Morgan fingerprint density at radius 1 is 1.21 bits per heavy atom. The topological polar surface area (TPSA) is 58.9 Å². The van der Waals surface area contributed by atoms with Crippen LogP contribution in [0, 0.1) is 0 Å². The van der Waals surface area contributed by atoms with Gasteiger partial charge in [0.2, 0.25) is 0 Å². The molecule has 102 valence electrons. The summed E-state index contributed by atoms with van der Waals surface area (Å²) in [5.74, 6) is 1.74. The lowest BCUT2D eigenvalue weighted by molar-refractivity contribution is 0.216. The first-order chi connectivity index (χ1) is 9.28. The Balaban J connectivity index is 1.92. The van der Waals surface area contributed by atoms with Gasteiger partial charge >= 0.3 is 0 Å². The van der Waals surface area contributed by atoms with Gasteiger partial charge in [-0.25, -0.2) is 9.97 Å². The molecule has 0 unspecified atom stereocenters. The van der Waals surface area contributed by atoms with Crippen LogP contribution in [-0.2, 0) is 13.6 Å². The molecule has 0 amide bonds. The van der Waals surface area contributed by atoms with E-state index in [1.807, 2.05) is 20.3 Å². The first kappa shape index (κ1) is 12.3. The van der Waals surface area contributed by atoms with Crippen LogP contribution in [-0.4, -0.2) is 44.8 Å². The van der Waals surface area contributed by atoms with Crippen LogP contribution in [0.3, 0.4) is 0 Å². The minimum absolute atomic E-state index is 0.829. The highest BCUT2D eigenvalue weighted by Gasteiger charge is 2.15. The molecule has 1 aliphatic heterocycles. The summed E-state index contributed by atoms with van der Waals surface area (Å²) in [5.41, 5.74) is 0.895. The normalized spacial score (nSPS) is 16.9. The summed E-state index contributed by atoms with van der Waals surface area (Å²) < 4.78 is 1.80. The highest BCUT2D eigenvalue weighted by atomic mass is 15.3. The number of nitrogens with one attached hydrogen (secondary N) is 1. The van der Waals surface area contributed by atoms with Crippen LogP contribution in [0.2, 0.25) is 0 Å². The summed E-state index contributed by atoms with van der Waals surface area (Å²) in [6.07, 6.45) is 5.73. The van der Waals surface area contributed by atoms with Crippen molar-refractivity contribution in [3.05, 3.63) is 12.0 Å². The average molecular weight is 260 g/mol. The van der Waals surface area contributed by atoms with E-state index in [2.05, 4.69) is 25.3 Å². The third-order valence-corrected chi connectivity index (χ3v) is 3.69. The van der Waals surface area contributed by atoms with Crippen LogP contribution < -0.4 is 5.32 Å². The first-order valence-electron chi connectivity index (χ1n) is 6.86. The van der Waals surface area contributed by atoms with E-state index in [1.54, 1.807) is 4.68 Å². The van der Waals surface area contributed by atoms with E-state index >= 15 is 0 Å². The van der Waals surface area contributed by atoms with Crippen LogP contribution in [0.4, 0.5) is 5.82 Å². The molecule has 6 heteroatoms. The summed E-state index contributed by atoms with van der Waals surface area (Å²) in [5, 5.41) is 8.37. The summed E-state index contributed by atoms with van der Waals surface area (Å²) in [6, 6.07) is 0. The molecule has 0 radical (unpaired) electrons. The molecule has 1 aliphatic rings. The molecule has 3 heterocycles. The molecule has 2 aromatic rings. The fraction of sp³-hybridized carbons (Fsp3) is 0.615. The second kappa shape index (κ2) is 5.13. The van der Waals surface area contributed by atoms with Crippen molar-refractivity contribution >= 4 is 16.9 Å². The first-order valence-corrected chi connectivity index (χ1v) is 6.86. The van der Waals surface area contributed by atoms with Gasteiger partial charge in [0.05, 0.1) is 18.1 Å². The number of piperidine rings is 1. The molecule has 0 aromatic carbocycles. The number of nitrogens with zero attached hydrogens (tertiary/aromatic N) is 5. The number of anilines is 1. The van der Waals surface area contributed by atoms with Crippen molar-refractivity contribution < 1.29 is 0 Å². The Bertz CT molecular complexity index is 570. The maximum atomic E-state index is 4.65. The molecule has 1 fully saturated rings. The van der Waals surface area contributed by atoms with Crippen molar-refractivity contribution in [1.82, 2.24) is 24.6 Å². The highest BCUT2D eigenvalue weighted by Crippen LogP contribution is 2.20. The van der Waals surface area contributed by atoms with Crippen LogP contribution in [0.5, 0.6) is 0 Å². The highest BCUT2D eigenvalue weighted by molar-refractivity contribution is 5.86. The molecule has 0 atom stereocenters. The standard InChI is InChI=1S/C13H20N6/c1-14-12-10-8-15-18(2)13(10)17-11(16-12)9-19-6-4-3-5-7-19/h8H,3-7,9H2,1-2H3,(H,14,16,17). The monoisotopic (exact) mass is 260 g/mol. The molecule has 3 rings (SSSR count).